The minimum Gasteiger partial charge on any atom is -0.355 e. The molecule has 2 N–H and O–H groups in total. The average molecular weight is 269 g/mol. The van der Waals surface area contributed by atoms with E-state index in [1.807, 2.05) is 6.92 Å². The summed E-state index contributed by atoms with van der Waals surface area (Å²) in [6, 6.07) is -0.465. The van der Waals surface area contributed by atoms with Crippen LogP contribution in [0.1, 0.15) is 16.6 Å². The van der Waals surface area contributed by atoms with Crippen LogP contribution in [-0.2, 0) is 4.79 Å². The molecule has 8 heteroatoms. The second-order valence-electron chi connectivity index (χ2n) is 3.89. The molecule has 0 bridgehead atoms. The molecule has 1 aliphatic heterocycles. The minimum atomic E-state index is -0.465. The van der Waals surface area contributed by atoms with Crippen LogP contribution in [0.25, 0.3) is 0 Å². The summed E-state index contributed by atoms with van der Waals surface area (Å²) in [7, 11) is 0. The van der Waals surface area contributed by atoms with Gasteiger partial charge in [0.1, 0.15) is 10.9 Å². The molecule has 98 valence electrons. The molecule has 0 radical (unpaired) electrons. The fourth-order valence-corrected chi connectivity index (χ4v) is 2.35. The topological polar surface area (TPSA) is 87.2 Å². The number of amides is 2. The van der Waals surface area contributed by atoms with E-state index in [-0.39, 0.29) is 11.8 Å². The molecular formula is C10H15N5O2S. The van der Waals surface area contributed by atoms with E-state index < -0.39 is 6.04 Å². The summed E-state index contributed by atoms with van der Waals surface area (Å²) in [5, 5.41) is 9.52. The molecule has 1 atom stereocenters. The van der Waals surface area contributed by atoms with Gasteiger partial charge < -0.3 is 15.5 Å². The molecule has 0 saturated carbocycles. The third-order valence-electron chi connectivity index (χ3n) is 2.73. The number of aromatic nitrogens is 2. The summed E-state index contributed by atoms with van der Waals surface area (Å²) >= 11 is 1.05. The number of carbonyl (C=O) groups excluding carboxylic acids is 2. The van der Waals surface area contributed by atoms with Gasteiger partial charge in [-0.2, -0.15) is 0 Å². The second kappa shape index (κ2) is 5.87. The maximum absolute atomic E-state index is 12.2. The first-order valence-electron chi connectivity index (χ1n) is 5.80. The van der Waals surface area contributed by atoms with Crippen LogP contribution >= 0.6 is 11.5 Å². The van der Waals surface area contributed by atoms with Crippen molar-refractivity contribution in [2.75, 3.05) is 26.2 Å². The molecule has 1 unspecified atom stereocenters. The average Bonchev–Trinajstić information content (AvgIpc) is 2.92. The molecule has 2 heterocycles. The van der Waals surface area contributed by atoms with Crippen LogP contribution in [-0.4, -0.2) is 58.5 Å². The smallest absolute Gasteiger partial charge is 0.268 e. The second-order valence-corrected chi connectivity index (χ2v) is 4.68. The summed E-state index contributed by atoms with van der Waals surface area (Å²) < 4.78 is 3.67. The van der Waals surface area contributed by atoms with E-state index in [0.29, 0.717) is 31.1 Å². The van der Waals surface area contributed by atoms with Crippen LogP contribution < -0.4 is 10.6 Å². The van der Waals surface area contributed by atoms with Gasteiger partial charge in [-0.05, 0) is 18.5 Å². The van der Waals surface area contributed by atoms with E-state index in [2.05, 4.69) is 20.2 Å². The van der Waals surface area contributed by atoms with Gasteiger partial charge in [-0.3, -0.25) is 9.59 Å². The van der Waals surface area contributed by atoms with Crippen molar-refractivity contribution in [3.63, 3.8) is 0 Å². The van der Waals surface area contributed by atoms with Crippen molar-refractivity contribution >= 4 is 23.3 Å². The molecule has 1 saturated heterocycles. The van der Waals surface area contributed by atoms with Crippen LogP contribution in [0.15, 0.2) is 6.20 Å². The van der Waals surface area contributed by atoms with E-state index in [0.717, 1.165) is 11.5 Å². The lowest BCUT2D eigenvalue weighted by Crippen LogP contribution is -2.59. The zero-order chi connectivity index (χ0) is 13.0. The van der Waals surface area contributed by atoms with Gasteiger partial charge in [-0.25, -0.2) is 0 Å². The Morgan fingerprint density at radius 3 is 3.17 bits per heavy atom. The Morgan fingerprint density at radius 1 is 1.67 bits per heavy atom. The first-order valence-corrected chi connectivity index (χ1v) is 6.58. The molecule has 0 spiro atoms. The number of nitrogens with one attached hydrogen (secondary N) is 2. The fourth-order valence-electron chi connectivity index (χ4n) is 1.88. The molecular weight excluding hydrogens is 254 g/mol. The highest BCUT2D eigenvalue weighted by Crippen LogP contribution is 2.12. The largest absolute Gasteiger partial charge is 0.355 e. The lowest BCUT2D eigenvalue weighted by molar-refractivity contribution is -0.126. The highest BCUT2D eigenvalue weighted by atomic mass is 32.1. The van der Waals surface area contributed by atoms with Crippen LogP contribution in [0.5, 0.6) is 0 Å². The molecule has 0 aromatic carbocycles. The number of carbonyl (C=O) groups is 2. The van der Waals surface area contributed by atoms with E-state index in [1.165, 1.54) is 6.20 Å². The van der Waals surface area contributed by atoms with Crippen molar-refractivity contribution in [3.8, 4) is 0 Å². The first kappa shape index (κ1) is 12.9. The third kappa shape index (κ3) is 2.65. The number of hydrogen-bond donors (Lipinski definition) is 2. The molecule has 1 aromatic heterocycles. The van der Waals surface area contributed by atoms with Gasteiger partial charge in [-0.1, -0.05) is 4.49 Å². The van der Waals surface area contributed by atoms with Crippen LogP contribution in [0.4, 0.5) is 0 Å². The Kier molecular flexibility index (Phi) is 4.21. The van der Waals surface area contributed by atoms with Gasteiger partial charge >= 0.3 is 0 Å². The third-order valence-corrected chi connectivity index (χ3v) is 3.38. The van der Waals surface area contributed by atoms with Crippen molar-refractivity contribution in [1.82, 2.24) is 25.1 Å². The number of piperazine rings is 1. The highest BCUT2D eigenvalue weighted by molar-refractivity contribution is 7.07. The van der Waals surface area contributed by atoms with Gasteiger partial charge in [0.15, 0.2) is 0 Å². The van der Waals surface area contributed by atoms with Gasteiger partial charge in [0.05, 0.1) is 6.20 Å². The van der Waals surface area contributed by atoms with Crippen LogP contribution in [0.2, 0.25) is 0 Å². The van der Waals surface area contributed by atoms with Gasteiger partial charge in [0.2, 0.25) is 5.91 Å². The minimum absolute atomic E-state index is 0.129. The Bertz CT molecular complexity index is 422. The number of rotatable bonds is 3. The maximum atomic E-state index is 12.2. The van der Waals surface area contributed by atoms with E-state index >= 15 is 0 Å². The van der Waals surface area contributed by atoms with Gasteiger partial charge in [0.25, 0.3) is 5.91 Å². The van der Waals surface area contributed by atoms with E-state index in [4.69, 9.17) is 0 Å². The Balaban J connectivity index is 2.12. The zero-order valence-electron chi connectivity index (χ0n) is 10.0. The van der Waals surface area contributed by atoms with Crippen molar-refractivity contribution < 1.29 is 9.59 Å². The zero-order valence-corrected chi connectivity index (χ0v) is 10.9. The van der Waals surface area contributed by atoms with Crippen molar-refractivity contribution in [3.05, 3.63) is 11.1 Å². The van der Waals surface area contributed by atoms with Crippen molar-refractivity contribution in [2.45, 2.75) is 13.0 Å². The Labute approximate surface area is 109 Å². The molecule has 1 aromatic rings. The number of nitrogens with zero attached hydrogens (tertiary/aromatic N) is 3. The Morgan fingerprint density at radius 2 is 2.50 bits per heavy atom. The summed E-state index contributed by atoms with van der Waals surface area (Å²) in [6.07, 6.45) is 1.43. The van der Waals surface area contributed by atoms with Crippen molar-refractivity contribution in [1.29, 1.82) is 0 Å². The molecule has 1 fully saturated rings. The summed E-state index contributed by atoms with van der Waals surface area (Å²) in [5.41, 5.74) is 0. The number of hydrogen-bond acceptors (Lipinski definition) is 6. The lowest BCUT2D eigenvalue weighted by atomic mass is 10.1. The van der Waals surface area contributed by atoms with E-state index in [1.54, 1.807) is 4.90 Å². The molecule has 18 heavy (non-hydrogen) atoms. The number of likely N-dealkylation sites (N-methyl/N-ethyl adjacent to an activating group) is 1. The van der Waals surface area contributed by atoms with Gasteiger partial charge in [-0.15, -0.1) is 5.10 Å². The monoisotopic (exact) mass is 269 g/mol. The summed E-state index contributed by atoms with van der Waals surface area (Å²) in [5.74, 6) is -0.307. The standard InChI is InChI=1S/C10H15N5O2S/c1-2-12-9(16)7-5-11-3-4-15(7)10(17)8-6-13-14-18-8/h6-7,11H,2-5H2,1H3,(H,12,16). The quantitative estimate of drug-likeness (QED) is 0.741. The van der Waals surface area contributed by atoms with Crippen molar-refractivity contribution in [2.24, 2.45) is 0 Å². The molecule has 2 rings (SSSR count). The Hall–Kier alpha value is -1.54. The van der Waals surface area contributed by atoms with E-state index in [9.17, 15) is 9.59 Å². The van der Waals surface area contributed by atoms with Crippen LogP contribution in [0, 0.1) is 0 Å². The summed E-state index contributed by atoms with van der Waals surface area (Å²) in [6.45, 7) is 4.09. The van der Waals surface area contributed by atoms with Gasteiger partial charge in [0, 0.05) is 26.2 Å². The normalized spacial score (nSPS) is 19.6. The van der Waals surface area contributed by atoms with Crippen LogP contribution in [0.3, 0.4) is 0 Å². The molecule has 7 nitrogen and oxygen atoms in total. The fraction of sp³-hybridized carbons (Fsp3) is 0.600. The lowest BCUT2D eigenvalue weighted by Gasteiger charge is -2.34. The summed E-state index contributed by atoms with van der Waals surface area (Å²) in [4.78, 5) is 26.2. The maximum Gasteiger partial charge on any atom is 0.268 e. The SMILES string of the molecule is CCNC(=O)C1CNCCN1C(=O)c1cnns1. The molecule has 2 amide bonds. The molecule has 0 aliphatic carbocycles. The predicted octanol–water partition coefficient (Wildman–Crippen LogP) is -0.912. The predicted molar refractivity (Wildman–Crippen MR) is 66.3 cm³/mol. The molecule has 1 aliphatic rings. The first-order chi connectivity index (χ1) is 8.74. The highest BCUT2D eigenvalue weighted by Gasteiger charge is 2.32.